The molecule has 0 aliphatic rings. The van der Waals surface area contributed by atoms with E-state index >= 15 is 0 Å². The zero-order valence-electron chi connectivity index (χ0n) is 16.5. The molecule has 0 unspecified atom stereocenters. The molecule has 0 heterocycles. The van der Waals surface area contributed by atoms with Gasteiger partial charge in [0.2, 0.25) is 5.75 Å². The summed E-state index contributed by atoms with van der Waals surface area (Å²) >= 11 is 0. The van der Waals surface area contributed by atoms with E-state index in [1.807, 2.05) is 6.07 Å². The maximum absolute atomic E-state index is 11.1. The van der Waals surface area contributed by atoms with Crippen molar-refractivity contribution < 1.29 is 27.2 Å². The maximum atomic E-state index is 11.1. The van der Waals surface area contributed by atoms with Gasteiger partial charge in [-0.1, -0.05) is 30.3 Å². The van der Waals surface area contributed by atoms with Crippen molar-refractivity contribution >= 4 is 6.29 Å². The normalized spacial score (nSPS) is 15.6. The van der Waals surface area contributed by atoms with Gasteiger partial charge in [-0.25, -0.2) is 0 Å². The number of hydrogen-bond acceptors (Lipinski definition) is 4. The Morgan fingerprint density at radius 1 is 1.10 bits per heavy atom. The summed E-state index contributed by atoms with van der Waals surface area (Å²) in [4.78, 5) is 11.1. The van der Waals surface area contributed by atoms with Crippen LogP contribution in [0.5, 0.6) is 17.2 Å². The van der Waals surface area contributed by atoms with Gasteiger partial charge < -0.3 is 14.2 Å². The molecule has 0 aromatic heterocycles. The van der Waals surface area contributed by atoms with Crippen molar-refractivity contribution in [1.82, 2.24) is 0 Å². The highest BCUT2D eigenvalue weighted by Crippen LogP contribution is 2.38. The van der Waals surface area contributed by atoms with E-state index in [0.717, 1.165) is 17.7 Å². The van der Waals surface area contributed by atoms with Gasteiger partial charge in [-0.3, -0.25) is 4.79 Å². The zero-order valence-corrected chi connectivity index (χ0v) is 10.5. The van der Waals surface area contributed by atoms with Crippen LogP contribution in [0.2, 0.25) is 0 Å². The average molecular weight is 278 g/mol. The average Bonchev–Trinajstić information content (AvgIpc) is 2.51. The number of benzene rings is 2. The Balaban J connectivity index is 2.45. The lowest BCUT2D eigenvalue weighted by molar-refractivity contribution is 0.112. The number of carbonyl (C=O) groups excluding carboxylic acids is 1. The molecule has 0 N–H and O–H groups in total. The second-order valence-electron chi connectivity index (χ2n) is 3.94. The van der Waals surface area contributed by atoms with Gasteiger partial charge in [-0.15, -0.1) is 0 Å². The van der Waals surface area contributed by atoms with E-state index in [-0.39, 0.29) is 29.4 Å². The van der Waals surface area contributed by atoms with E-state index in [1.54, 1.807) is 24.3 Å². The molecule has 2 aromatic rings. The minimum atomic E-state index is -2.83. The highest BCUT2D eigenvalue weighted by Gasteiger charge is 2.14. The Labute approximate surface area is 126 Å². The number of ether oxygens (including phenoxy) is 3. The first-order valence-corrected chi connectivity index (χ1v) is 5.75. The minimum absolute atomic E-state index is 0.00992. The van der Waals surface area contributed by atoms with Crippen molar-refractivity contribution in [3.8, 4) is 17.2 Å². The van der Waals surface area contributed by atoms with Crippen molar-refractivity contribution in [2.24, 2.45) is 0 Å². The summed E-state index contributed by atoms with van der Waals surface area (Å²) in [6, 6.07) is 11.2. The molecule has 0 spiro atoms. The molecule has 2 rings (SSSR count). The van der Waals surface area contributed by atoms with Crippen LogP contribution in [-0.2, 0) is 6.61 Å². The van der Waals surface area contributed by atoms with Crippen LogP contribution in [0.15, 0.2) is 42.5 Å². The summed E-state index contributed by atoms with van der Waals surface area (Å²) in [5.41, 5.74) is 0.738. The van der Waals surface area contributed by atoms with E-state index in [9.17, 15) is 4.79 Å². The highest BCUT2D eigenvalue weighted by atomic mass is 16.5. The second kappa shape index (κ2) is 6.61. The molecule has 20 heavy (non-hydrogen) atoms. The Morgan fingerprint density at radius 2 is 1.75 bits per heavy atom. The van der Waals surface area contributed by atoms with Crippen molar-refractivity contribution in [1.29, 1.82) is 0 Å². The van der Waals surface area contributed by atoms with Crippen LogP contribution in [0, 0.1) is 0 Å². The lowest BCUT2D eigenvalue weighted by atomic mass is 10.2. The summed E-state index contributed by atoms with van der Waals surface area (Å²) in [5.74, 6) is -0.846. The van der Waals surface area contributed by atoms with Crippen molar-refractivity contribution in [3.63, 3.8) is 0 Å². The van der Waals surface area contributed by atoms with Gasteiger partial charge in [-0.2, -0.15) is 0 Å². The van der Waals surface area contributed by atoms with Crippen LogP contribution in [0.25, 0.3) is 0 Å². The largest absolute Gasteiger partial charge is 0.493 e. The lowest BCUT2D eigenvalue weighted by Gasteiger charge is -2.15. The van der Waals surface area contributed by atoms with Crippen LogP contribution in [0.1, 0.15) is 24.1 Å². The first-order chi connectivity index (χ1) is 12.1. The molecule has 0 amide bonds. The molecule has 4 heteroatoms. The molecular weight excluding hydrogens is 256 g/mol. The summed E-state index contributed by atoms with van der Waals surface area (Å²) in [7, 11) is -5.66. The smallest absolute Gasteiger partial charge is 0.203 e. The van der Waals surface area contributed by atoms with Gasteiger partial charge in [-0.05, 0) is 17.7 Å². The summed E-state index contributed by atoms with van der Waals surface area (Å²) in [6.45, 7) is 0.00992. The topological polar surface area (TPSA) is 44.8 Å². The monoisotopic (exact) mass is 278 g/mol. The first-order valence-electron chi connectivity index (χ1n) is 8.75. The predicted molar refractivity (Wildman–Crippen MR) is 75.7 cm³/mol. The van der Waals surface area contributed by atoms with Gasteiger partial charge in [0.05, 0.1) is 22.3 Å². The fourth-order valence-corrected chi connectivity index (χ4v) is 1.69. The van der Waals surface area contributed by atoms with E-state index in [0.29, 0.717) is 6.29 Å². The highest BCUT2D eigenvalue weighted by molar-refractivity contribution is 5.78. The fraction of sp³-hybridized carbons (Fsp3) is 0.188. The SMILES string of the molecule is [2H]C([2H])([2H])Oc1cc(C=O)cc(OC([2H])([2H])[2H])c1OCc1ccccc1. The van der Waals surface area contributed by atoms with Crippen molar-refractivity contribution in [3.05, 3.63) is 53.6 Å². The third-order valence-electron chi connectivity index (χ3n) is 2.63. The van der Waals surface area contributed by atoms with Gasteiger partial charge in [0.25, 0.3) is 0 Å². The molecule has 0 saturated heterocycles. The van der Waals surface area contributed by atoms with Crippen LogP contribution in [-0.4, -0.2) is 20.4 Å². The molecule has 0 saturated carbocycles. The van der Waals surface area contributed by atoms with Gasteiger partial charge in [0.15, 0.2) is 11.5 Å². The van der Waals surface area contributed by atoms with Gasteiger partial charge in [0.1, 0.15) is 12.9 Å². The second-order valence-corrected chi connectivity index (χ2v) is 3.94. The number of hydrogen-bond donors (Lipinski definition) is 0. The van der Waals surface area contributed by atoms with Crippen LogP contribution < -0.4 is 14.2 Å². The molecule has 0 radical (unpaired) electrons. The Kier molecular flexibility index (Phi) is 2.63. The Hall–Kier alpha value is -2.49. The molecule has 0 aliphatic heterocycles. The Bertz CT molecular complexity index is 719. The quantitative estimate of drug-likeness (QED) is 0.762. The summed E-state index contributed by atoms with van der Waals surface area (Å²) in [6.07, 6.45) is 0.416. The standard InChI is InChI=1S/C16H16O4/c1-18-14-8-13(10-17)9-15(19-2)16(14)20-11-12-6-4-3-5-7-12/h3-10H,11H2,1-2H3/i1D3,2D3. The Morgan fingerprint density at radius 3 is 2.30 bits per heavy atom. The van der Waals surface area contributed by atoms with E-state index in [2.05, 4.69) is 0 Å². The number of carbonyl (C=O) groups is 1. The molecule has 2 aromatic carbocycles. The fourth-order valence-electron chi connectivity index (χ4n) is 1.69. The zero-order chi connectivity index (χ0) is 19.4. The minimum Gasteiger partial charge on any atom is -0.493 e. The maximum Gasteiger partial charge on any atom is 0.203 e. The molecule has 0 bridgehead atoms. The molecule has 0 aliphatic carbocycles. The van der Waals surface area contributed by atoms with E-state index in [4.69, 9.17) is 22.4 Å². The number of methoxy groups -OCH3 is 2. The molecule has 4 nitrogen and oxygen atoms in total. The summed E-state index contributed by atoms with van der Waals surface area (Å²) in [5, 5.41) is 0. The van der Waals surface area contributed by atoms with Crippen molar-refractivity contribution in [2.75, 3.05) is 14.1 Å². The van der Waals surface area contributed by atoms with E-state index < -0.39 is 14.1 Å². The van der Waals surface area contributed by atoms with Crippen LogP contribution in [0.4, 0.5) is 0 Å². The molecular formula is C16H16O4. The third-order valence-corrected chi connectivity index (χ3v) is 2.63. The number of aldehydes is 1. The predicted octanol–water partition coefficient (Wildman–Crippen LogP) is 3.10. The third kappa shape index (κ3) is 3.09. The summed E-state index contributed by atoms with van der Waals surface area (Å²) < 4.78 is 58.9. The van der Waals surface area contributed by atoms with Crippen molar-refractivity contribution in [2.45, 2.75) is 6.61 Å². The molecule has 104 valence electrons. The molecule has 0 atom stereocenters. The van der Waals surface area contributed by atoms with Crippen LogP contribution in [0.3, 0.4) is 0 Å². The first kappa shape index (κ1) is 7.94. The van der Waals surface area contributed by atoms with E-state index in [1.165, 1.54) is 0 Å². The number of rotatable bonds is 6. The lowest BCUT2D eigenvalue weighted by Crippen LogP contribution is -2.01. The van der Waals surface area contributed by atoms with Gasteiger partial charge in [0, 0.05) is 5.56 Å². The molecule has 0 fully saturated rings. The van der Waals surface area contributed by atoms with Crippen LogP contribution >= 0.6 is 0 Å². The van der Waals surface area contributed by atoms with Gasteiger partial charge >= 0.3 is 0 Å².